The van der Waals surface area contributed by atoms with Crippen LogP contribution in [0.5, 0.6) is 0 Å². The molecular formula is C30H50O4. The van der Waals surface area contributed by atoms with Gasteiger partial charge in [-0.15, -0.1) is 0 Å². The third-order valence-electron chi connectivity index (χ3n) is 13.4. The maximum Gasteiger partial charge on any atom is 0.104 e. The van der Waals surface area contributed by atoms with Crippen molar-refractivity contribution in [3.8, 4) is 0 Å². The normalized spacial score (nSPS) is 58.6. The van der Waals surface area contributed by atoms with Crippen LogP contribution < -0.4 is 0 Å². The molecule has 0 saturated heterocycles. The molecule has 0 bridgehead atoms. The van der Waals surface area contributed by atoms with Gasteiger partial charge < -0.3 is 20.4 Å². The molecule has 0 aliphatic heterocycles. The molecule has 4 heteroatoms. The van der Waals surface area contributed by atoms with Gasteiger partial charge in [-0.05, 0) is 96.7 Å². The third kappa shape index (κ3) is 2.75. The number of aliphatic hydroxyl groups is 4. The second kappa shape index (κ2) is 7.11. The van der Waals surface area contributed by atoms with Gasteiger partial charge >= 0.3 is 0 Å². The summed E-state index contributed by atoms with van der Waals surface area (Å²) in [6.45, 7) is 16.1. The Morgan fingerprint density at radius 2 is 1.47 bits per heavy atom. The third-order valence-corrected chi connectivity index (χ3v) is 13.4. The molecule has 5 aliphatic rings. The monoisotopic (exact) mass is 474 g/mol. The Morgan fingerprint density at radius 1 is 0.824 bits per heavy atom. The Labute approximate surface area is 207 Å². The van der Waals surface area contributed by atoms with Crippen molar-refractivity contribution >= 4 is 0 Å². The van der Waals surface area contributed by atoms with Crippen molar-refractivity contribution < 1.29 is 20.4 Å². The zero-order valence-corrected chi connectivity index (χ0v) is 22.7. The first-order chi connectivity index (χ1) is 15.5. The fraction of sp³-hybridized carbons (Fsp3) is 0.933. The summed E-state index contributed by atoms with van der Waals surface area (Å²) in [6, 6.07) is 0. The topological polar surface area (TPSA) is 80.9 Å². The summed E-state index contributed by atoms with van der Waals surface area (Å²) in [7, 11) is 0. The van der Waals surface area contributed by atoms with E-state index in [0.717, 1.165) is 57.8 Å². The maximum atomic E-state index is 12.8. The fourth-order valence-corrected chi connectivity index (χ4v) is 10.6. The van der Waals surface area contributed by atoms with Crippen LogP contribution in [0, 0.1) is 44.3 Å². The molecule has 4 nitrogen and oxygen atoms in total. The molecule has 34 heavy (non-hydrogen) atoms. The highest BCUT2D eigenvalue weighted by molar-refractivity contribution is 5.40. The van der Waals surface area contributed by atoms with E-state index in [0.29, 0.717) is 5.92 Å². The first-order valence-electron chi connectivity index (χ1n) is 14.0. The molecule has 0 spiro atoms. The van der Waals surface area contributed by atoms with Crippen LogP contribution >= 0.6 is 0 Å². The molecule has 5 rings (SSSR count). The lowest BCUT2D eigenvalue weighted by molar-refractivity contribution is -0.289. The summed E-state index contributed by atoms with van der Waals surface area (Å²) in [4.78, 5) is 0. The van der Waals surface area contributed by atoms with E-state index in [1.165, 1.54) is 5.57 Å². The van der Waals surface area contributed by atoms with E-state index in [-0.39, 0.29) is 45.7 Å². The van der Waals surface area contributed by atoms with Crippen molar-refractivity contribution in [1.29, 1.82) is 0 Å². The first kappa shape index (κ1) is 25.2. The second-order valence-corrected chi connectivity index (χ2v) is 15.3. The Hall–Kier alpha value is -0.420. The van der Waals surface area contributed by atoms with Crippen molar-refractivity contribution in [2.75, 3.05) is 6.61 Å². The molecule has 0 aromatic rings. The standard InChI is InChI=1S/C30H50O4/c1-24(2)19-8-11-28(6)20(27(19,5)10-9-22(24)32)16-23(33)30(34)21-17-25(3,18-31)12-13-26(21,4)14-15-29(28,30)7/h16,19,21-23,31-34H,8-15,17-18H2,1-7H3/t19-,21+,22-,23?,25-,26+,27-,28+,29-,30+/m0/s1. The molecule has 4 N–H and O–H groups in total. The summed E-state index contributed by atoms with van der Waals surface area (Å²) < 4.78 is 0. The van der Waals surface area contributed by atoms with Gasteiger partial charge in [-0.1, -0.05) is 60.1 Å². The molecule has 0 radical (unpaired) electrons. The number of rotatable bonds is 1. The minimum atomic E-state index is -1.21. The number of allylic oxidation sites excluding steroid dienone is 1. The minimum Gasteiger partial charge on any atom is -0.396 e. The first-order valence-corrected chi connectivity index (χ1v) is 14.0. The molecule has 0 heterocycles. The number of fused-ring (bicyclic) bond motifs is 7. The molecule has 4 saturated carbocycles. The molecular weight excluding hydrogens is 424 g/mol. The Bertz CT molecular complexity index is 896. The van der Waals surface area contributed by atoms with E-state index in [2.05, 4.69) is 54.5 Å². The van der Waals surface area contributed by atoms with Crippen LogP contribution in [0.2, 0.25) is 0 Å². The summed E-state index contributed by atoms with van der Waals surface area (Å²) in [5.41, 5.74) is -0.934. The second-order valence-electron chi connectivity index (χ2n) is 15.3. The van der Waals surface area contributed by atoms with Crippen LogP contribution in [0.4, 0.5) is 0 Å². The van der Waals surface area contributed by atoms with Crippen LogP contribution in [0.15, 0.2) is 11.6 Å². The highest BCUT2D eigenvalue weighted by Crippen LogP contribution is 2.76. The summed E-state index contributed by atoms with van der Waals surface area (Å²) in [6.07, 6.45) is 9.39. The van der Waals surface area contributed by atoms with Gasteiger partial charge in [0, 0.05) is 12.0 Å². The van der Waals surface area contributed by atoms with Gasteiger partial charge in [-0.25, -0.2) is 0 Å². The molecule has 1 unspecified atom stereocenters. The van der Waals surface area contributed by atoms with Crippen molar-refractivity contribution in [3.05, 3.63) is 11.6 Å². The predicted octanol–water partition coefficient (Wildman–Crippen LogP) is 5.23. The molecule has 5 aliphatic carbocycles. The molecule has 0 aromatic heterocycles. The van der Waals surface area contributed by atoms with Gasteiger partial charge in [0.1, 0.15) is 11.7 Å². The molecule has 10 atom stereocenters. The van der Waals surface area contributed by atoms with Crippen molar-refractivity contribution in [2.24, 2.45) is 44.3 Å². The predicted molar refractivity (Wildman–Crippen MR) is 135 cm³/mol. The average molecular weight is 475 g/mol. The molecule has 0 aromatic carbocycles. The smallest absolute Gasteiger partial charge is 0.104 e. The van der Waals surface area contributed by atoms with Crippen molar-refractivity contribution in [3.63, 3.8) is 0 Å². The molecule has 4 fully saturated rings. The maximum absolute atomic E-state index is 12.8. The van der Waals surface area contributed by atoms with Crippen molar-refractivity contribution in [2.45, 2.75) is 124 Å². The quantitative estimate of drug-likeness (QED) is 0.393. The van der Waals surface area contributed by atoms with Gasteiger partial charge in [0.15, 0.2) is 0 Å². The lowest BCUT2D eigenvalue weighted by Gasteiger charge is -2.74. The summed E-state index contributed by atoms with van der Waals surface area (Å²) >= 11 is 0. The van der Waals surface area contributed by atoms with Gasteiger partial charge in [-0.2, -0.15) is 0 Å². The largest absolute Gasteiger partial charge is 0.396 e. The lowest BCUT2D eigenvalue weighted by Crippen LogP contribution is -2.75. The van der Waals surface area contributed by atoms with Gasteiger partial charge in [0.25, 0.3) is 0 Å². The highest BCUT2D eigenvalue weighted by atomic mass is 16.3. The van der Waals surface area contributed by atoms with Gasteiger partial charge in [0.2, 0.25) is 0 Å². The fourth-order valence-electron chi connectivity index (χ4n) is 10.6. The van der Waals surface area contributed by atoms with E-state index in [1.54, 1.807) is 0 Å². The van der Waals surface area contributed by atoms with Crippen LogP contribution in [-0.4, -0.2) is 44.8 Å². The van der Waals surface area contributed by atoms with Crippen LogP contribution in [0.3, 0.4) is 0 Å². The minimum absolute atomic E-state index is 0.0103. The van der Waals surface area contributed by atoms with Crippen LogP contribution in [-0.2, 0) is 0 Å². The van der Waals surface area contributed by atoms with Crippen LogP contribution in [0.25, 0.3) is 0 Å². The summed E-state index contributed by atoms with van der Waals surface area (Å²) in [5, 5.41) is 45.9. The zero-order chi connectivity index (χ0) is 25.2. The van der Waals surface area contributed by atoms with E-state index in [1.807, 2.05) is 0 Å². The number of hydrogen-bond acceptors (Lipinski definition) is 4. The highest BCUT2D eigenvalue weighted by Gasteiger charge is 2.74. The summed E-state index contributed by atoms with van der Waals surface area (Å²) in [5.74, 6) is 0.329. The van der Waals surface area contributed by atoms with Gasteiger partial charge in [0.05, 0.1) is 6.10 Å². The lowest BCUT2D eigenvalue weighted by atomic mass is 9.32. The van der Waals surface area contributed by atoms with Crippen molar-refractivity contribution in [1.82, 2.24) is 0 Å². The van der Waals surface area contributed by atoms with E-state index in [9.17, 15) is 20.4 Å². The Balaban J connectivity index is 1.66. The van der Waals surface area contributed by atoms with Crippen LogP contribution in [0.1, 0.15) is 106 Å². The van der Waals surface area contributed by atoms with E-state index >= 15 is 0 Å². The average Bonchev–Trinajstić information content (AvgIpc) is 2.77. The van der Waals surface area contributed by atoms with E-state index < -0.39 is 17.1 Å². The van der Waals surface area contributed by atoms with E-state index in [4.69, 9.17) is 0 Å². The number of hydrogen-bond donors (Lipinski definition) is 4. The molecule has 194 valence electrons. The SMILES string of the molecule is CC1(C)[C@@H](O)CC[C@]2(C)C3=CC(O)[C@]4(O)[C@@H]5C[C@@](C)(CO)CC[C@]5(C)CC[C@@]4(C)[C@]3(C)CC[C@@H]12. The van der Waals surface area contributed by atoms with Gasteiger partial charge in [-0.3, -0.25) is 0 Å². The number of aliphatic hydroxyl groups excluding tert-OH is 3. The zero-order valence-electron chi connectivity index (χ0n) is 22.7. The molecule has 0 amide bonds. The Morgan fingerprint density at radius 3 is 2.12 bits per heavy atom. The Kier molecular flexibility index (Phi) is 5.28.